The van der Waals surface area contributed by atoms with Crippen LogP contribution in [0.3, 0.4) is 0 Å². The van der Waals surface area contributed by atoms with Crippen LogP contribution >= 0.6 is 0 Å². The number of nitrogens with two attached hydrogens (primary N) is 1. The molecule has 0 atom stereocenters. The molecule has 0 amide bonds. The van der Waals surface area contributed by atoms with Gasteiger partial charge in [-0.15, -0.1) is 0 Å². The molecule has 0 aliphatic heterocycles. The molecule has 0 saturated carbocycles. The van der Waals surface area contributed by atoms with E-state index in [9.17, 15) is 4.79 Å². The summed E-state index contributed by atoms with van der Waals surface area (Å²) in [6.07, 6.45) is 3.33. The fraction of sp³-hybridized carbons (Fsp3) is 0.444. The Morgan fingerprint density at radius 2 is 2.38 bits per heavy atom. The van der Waals surface area contributed by atoms with Crippen molar-refractivity contribution in [1.82, 2.24) is 4.57 Å². The van der Waals surface area contributed by atoms with Gasteiger partial charge in [-0.25, -0.2) is 0 Å². The highest BCUT2D eigenvalue weighted by molar-refractivity contribution is 5.33. The number of rotatable bonds is 4. The van der Waals surface area contributed by atoms with E-state index in [0.29, 0.717) is 13.2 Å². The highest BCUT2D eigenvalue weighted by Gasteiger charge is 1.94. The minimum Gasteiger partial charge on any atom is -0.394 e. The third-order valence-electron chi connectivity index (χ3n) is 1.70. The first-order valence-electron chi connectivity index (χ1n) is 4.27. The molecular weight excluding hydrogens is 168 g/mol. The van der Waals surface area contributed by atoms with Crippen molar-refractivity contribution in [3.8, 4) is 0 Å². The van der Waals surface area contributed by atoms with Crippen LogP contribution in [0.1, 0.15) is 6.92 Å². The van der Waals surface area contributed by atoms with Crippen LogP contribution < -0.4 is 11.2 Å². The van der Waals surface area contributed by atoms with Crippen molar-refractivity contribution < 1.29 is 4.74 Å². The van der Waals surface area contributed by atoms with E-state index in [1.54, 1.807) is 12.4 Å². The fourth-order valence-electron chi connectivity index (χ4n) is 0.998. The first-order valence-corrected chi connectivity index (χ1v) is 4.27. The molecule has 0 spiro atoms. The summed E-state index contributed by atoms with van der Waals surface area (Å²) in [5.74, 6) is 0. The van der Waals surface area contributed by atoms with Gasteiger partial charge in [0.15, 0.2) is 0 Å². The highest BCUT2D eigenvalue weighted by atomic mass is 16.5. The number of hydrogen-bond acceptors (Lipinski definition) is 3. The van der Waals surface area contributed by atoms with Crippen molar-refractivity contribution in [2.24, 2.45) is 0 Å². The van der Waals surface area contributed by atoms with E-state index in [2.05, 4.69) is 0 Å². The van der Waals surface area contributed by atoms with Crippen LogP contribution in [0.25, 0.3) is 0 Å². The van der Waals surface area contributed by atoms with Crippen LogP contribution in [0.15, 0.2) is 23.3 Å². The topological polar surface area (TPSA) is 57.2 Å². The van der Waals surface area contributed by atoms with Gasteiger partial charge in [0.05, 0.1) is 12.3 Å². The number of nitrogens with zero attached hydrogens (tertiary/aromatic N) is 1. The van der Waals surface area contributed by atoms with Gasteiger partial charge in [-0.1, -0.05) is 0 Å². The van der Waals surface area contributed by atoms with Gasteiger partial charge >= 0.3 is 0 Å². The van der Waals surface area contributed by atoms with Crippen molar-refractivity contribution in [1.29, 1.82) is 0 Å². The predicted octanol–water partition coefficient (Wildman–Crippen LogP) is 0.467. The van der Waals surface area contributed by atoms with E-state index < -0.39 is 0 Å². The number of pyridine rings is 1. The Hall–Kier alpha value is -1.29. The van der Waals surface area contributed by atoms with Crippen molar-refractivity contribution >= 4 is 5.69 Å². The molecule has 1 rings (SSSR count). The Morgan fingerprint density at radius 3 is 3.00 bits per heavy atom. The number of anilines is 1. The number of nitrogen functional groups attached to an aromatic ring is 1. The minimum atomic E-state index is -0.132. The van der Waals surface area contributed by atoms with Crippen LogP contribution in [-0.4, -0.2) is 17.8 Å². The van der Waals surface area contributed by atoms with Gasteiger partial charge in [-0.3, -0.25) is 4.79 Å². The molecule has 0 radical (unpaired) electrons. The largest absolute Gasteiger partial charge is 0.394 e. The molecule has 4 heteroatoms. The molecule has 13 heavy (non-hydrogen) atoms. The maximum absolute atomic E-state index is 10.9. The van der Waals surface area contributed by atoms with Crippen molar-refractivity contribution in [3.63, 3.8) is 0 Å². The summed E-state index contributed by atoms with van der Waals surface area (Å²) in [7, 11) is 0. The lowest BCUT2D eigenvalue weighted by atomic mass is 10.4. The molecule has 0 fully saturated rings. The predicted molar refractivity (Wildman–Crippen MR) is 51.6 cm³/mol. The van der Waals surface area contributed by atoms with E-state index >= 15 is 0 Å². The van der Waals surface area contributed by atoms with Gasteiger partial charge in [0.2, 0.25) is 5.43 Å². The number of aromatic nitrogens is 1. The highest BCUT2D eigenvalue weighted by Crippen LogP contribution is 1.93. The number of ether oxygens (including phenoxy) is 1. The van der Waals surface area contributed by atoms with Crippen LogP contribution in [-0.2, 0) is 11.3 Å². The third-order valence-corrected chi connectivity index (χ3v) is 1.70. The first kappa shape index (κ1) is 9.80. The smallest absolute Gasteiger partial charge is 0.204 e. The lowest BCUT2D eigenvalue weighted by molar-refractivity contribution is 0.139. The molecule has 1 heterocycles. The zero-order valence-corrected chi connectivity index (χ0v) is 7.69. The van der Waals surface area contributed by atoms with Crippen LogP contribution in [0, 0.1) is 0 Å². The van der Waals surface area contributed by atoms with Crippen molar-refractivity contribution in [3.05, 3.63) is 28.7 Å². The van der Waals surface area contributed by atoms with Gasteiger partial charge in [0, 0.05) is 31.6 Å². The monoisotopic (exact) mass is 182 g/mol. The van der Waals surface area contributed by atoms with Crippen LogP contribution in [0.2, 0.25) is 0 Å². The molecule has 1 aromatic heterocycles. The summed E-state index contributed by atoms with van der Waals surface area (Å²) in [5, 5.41) is 0. The molecule has 4 nitrogen and oxygen atoms in total. The molecular formula is C9H14N2O2. The molecule has 0 saturated heterocycles. The Bertz CT molecular complexity index is 320. The van der Waals surface area contributed by atoms with E-state index in [1.807, 2.05) is 11.5 Å². The van der Waals surface area contributed by atoms with Crippen LogP contribution in [0.4, 0.5) is 5.69 Å². The molecule has 0 aromatic carbocycles. The quantitative estimate of drug-likeness (QED) is 0.688. The summed E-state index contributed by atoms with van der Waals surface area (Å²) in [6, 6.07) is 1.46. The summed E-state index contributed by atoms with van der Waals surface area (Å²) >= 11 is 0. The van der Waals surface area contributed by atoms with Crippen molar-refractivity contribution in [2.75, 3.05) is 18.9 Å². The Balaban J connectivity index is 2.58. The Morgan fingerprint density at radius 1 is 1.62 bits per heavy atom. The molecule has 0 bridgehead atoms. The number of hydrogen-bond donors (Lipinski definition) is 1. The second-order valence-corrected chi connectivity index (χ2v) is 2.70. The second-order valence-electron chi connectivity index (χ2n) is 2.70. The molecule has 0 aliphatic carbocycles. The van der Waals surface area contributed by atoms with E-state index in [-0.39, 0.29) is 11.1 Å². The summed E-state index contributed by atoms with van der Waals surface area (Å²) in [6.45, 7) is 4.01. The van der Waals surface area contributed by atoms with Gasteiger partial charge in [0.1, 0.15) is 0 Å². The molecule has 0 unspecified atom stereocenters. The van der Waals surface area contributed by atoms with E-state index in [1.165, 1.54) is 6.07 Å². The standard InChI is InChI=1S/C9H14N2O2/c1-2-13-6-5-11-4-3-9(12)8(10)7-11/h3-4,7H,2,5-6,10H2,1H3. The third kappa shape index (κ3) is 2.91. The molecule has 2 N–H and O–H groups in total. The second kappa shape index (κ2) is 4.67. The lowest BCUT2D eigenvalue weighted by Crippen LogP contribution is -2.12. The minimum absolute atomic E-state index is 0.132. The van der Waals surface area contributed by atoms with Crippen LogP contribution in [0.5, 0.6) is 0 Å². The molecule has 0 aliphatic rings. The van der Waals surface area contributed by atoms with Crippen molar-refractivity contribution in [2.45, 2.75) is 13.5 Å². The zero-order valence-electron chi connectivity index (χ0n) is 7.69. The molecule has 72 valence electrons. The van der Waals surface area contributed by atoms with Gasteiger partial charge in [-0.2, -0.15) is 0 Å². The summed E-state index contributed by atoms with van der Waals surface area (Å²) in [5.41, 5.74) is 5.60. The summed E-state index contributed by atoms with van der Waals surface area (Å²) in [4.78, 5) is 10.9. The van der Waals surface area contributed by atoms with E-state index in [0.717, 1.165) is 6.54 Å². The maximum Gasteiger partial charge on any atom is 0.204 e. The van der Waals surface area contributed by atoms with Gasteiger partial charge in [-0.05, 0) is 6.92 Å². The van der Waals surface area contributed by atoms with Gasteiger partial charge < -0.3 is 15.0 Å². The van der Waals surface area contributed by atoms with E-state index in [4.69, 9.17) is 10.5 Å². The van der Waals surface area contributed by atoms with Gasteiger partial charge in [0.25, 0.3) is 0 Å². The Labute approximate surface area is 76.9 Å². The average molecular weight is 182 g/mol. The first-order chi connectivity index (χ1) is 6.24. The fourth-order valence-corrected chi connectivity index (χ4v) is 0.998. The maximum atomic E-state index is 10.9. The molecule has 1 aromatic rings. The SMILES string of the molecule is CCOCCn1ccc(=O)c(N)c1. The lowest BCUT2D eigenvalue weighted by Gasteiger charge is -2.06. The Kier molecular flexibility index (Phi) is 3.52. The summed E-state index contributed by atoms with van der Waals surface area (Å²) < 4.78 is 7.01. The zero-order chi connectivity index (χ0) is 9.68. The normalized spacial score (nSPS) is 10.2. The average Bonchev–Trinajstić information content (AvgIpc) is 2.12.